The van der Waals surface area contributed by atoms with Gasteiger partial charge in [-0.3, -0.25) is 0 Å². The Balaban J connectivity index is 1.44. The van der Waals surface area contributed by atoms with E-state index in [1.807, 2.05) is 13.8 Å². The first kappa shape index (κ1) is 22.1. The molecular formula is C27H48O2. The molecule has 0 amide bonds. The van der Waals surface area contributed by atoms with Crippen molar-refractivity contribution in [2.24, 2.45) is 46.3 Å². The molecule has 0 heterocycles. The van der Waals surface area contributed by atoms with E-state index in [4.69, 9.17) is 0 Å². The first-order chi connectivity index (χ1) is 13.5. The van der Waals surface area contributed by atoms with Gasteiger partial charge in [-0.2, -0.15) is 0 Å². The fraction of sp³-hybridized carbons (Fsp3) is 1.00. The van der Waals surface area contributed by atoms with E-state index in [0.717, 1.165) is 61.2 Å². The Labute approximate surface area is 180 Å². The molecule has 0 aromatic carbocycles. The van der Waals surface area contributed by atoms with E-state index >= 15 is 0 Å². The van der Waals surface area contributed by atoms with Crippen molar-refractivity contribution in [3.05, 3.63) is 0 Å². The van der Waals surface area contributed by atoms with Crippen molar-refractivity contribution in [2.75, 3.05) is 0 Å². The first-order valence-electron chi connectivity index (χ1n) is 12.9. The Kier molecular flexibility index (Phi) is 5.95. The number of fused-ring (bicyclic) bond motifs is 5. The highest BCUT2D eigenvalue weighted by atomic mass is 16.3. The summed E-state index contributed by atoms with van der Waals surface area (Å²) >= 11 is 0. The smallest absolute Gasteiger partial charge is 0.0591 e. The Morgan fingerprint density at radius 2 is 1.62 bits per heavy atom. The van der Waals surface area contributed by atoms with Gasteiger partial charge in [0.15, 0.2) is 0 Å². The van der Waals surface area contributed by atoms with Gasteiger partial charge >= 0.3 is 0 Å². The van der Waals surface area contributed by atoms with Crippen LogP contribution in [0.1, 0.15) is 112 Å². The monoisotopic (exact) mass is 404 g/mol. The van der Waals surface area contributed by atoms with Crippen LogP contribution in [-0.4, -0.2) is 21.9 Å². The predicted octanol–water partition coefficient (Wildman–Crippen LogP) is 6.58. The molecule has 9 atom stereocenters. The van der Waals surface area contributed by atoms with Gasteiger partial charge in [-0.15, -0.1) is 0 Å². The molecule has 29 heavy (non-hydrogen) atoms. The molecule has 4 aliphatic carbocycles. The van der Waals surface area contributed by atoms with Crippen LogP contribution >= 0.6 is 0 Å². The minimum Gasteiger partial charge on any atom is -0.393 e. The average molecular weight is 405 g/mol. The van der Waals surface area contributed by atoms with Crippen LogP contribution in [0.2, 0.25) is 0 Å². The quantitative estimate of drug-likeness (QED) is 0.543. The van der Waals surface area contributed by atoms with Crippen LogP contribution in [0.4, 0.5) is 0 Å². The normalized spacial score (nSPS) is 48.5. The molecule has 0 spiro atoms. The van der Waals surface area contributed by atoms with Crippen LogP contribution in [-0.2, 0) is 0 Å². The summed E-state index contributed by atoms with van der Waals surface area (Å²) in [4.78, 5) is 0. The number of hydrogen-bond acceptors (Lipinski definition) is 2. The lowest BCUT2D eigenvalue weighted by Crippen LogP contribution is -2.54. The van der Waals surface area contributed by atoms with Crippen LogP contribution in [0.25, 0.3) is 0 Å². The van der Waals surface area contributed by atoms with E-state index in [2.05, 4.69) is 20.8 Å². The van der Waals surface area contributed by atoms with Gasteiger partial charge in [0.2, 0.25) is 0 Å². The topological polar surface area (TPSA) is 40.5 Å². The van der Waals surface area contributed by atoms with Crippen molar-refractivity contribution < 1.29 is 10.2 Å². The molecule has 4 aliphatic rings. The van der Waals surface area contributed by atoms with Gasteiger partial charge in [-0.05, 0) is 124 Å². The standard InChI is InChI=1S/C27H48O2/c1-18(7-6-14-25(2,3)29)22-10-11-23-21-9-8-19-17-20(28)12-15-26(19,4)24(21)13-16-27(22,23)5/h18-24,28-29H,6-17H2,1-5H3/t18-,19+,20+,21+,22-,23?,24+,26+,27-/m1/s1. The van der Waals surface area contributed by atoms with Crippen molar-refractivity contribution in [1.82, 2.24) is 0 Å². The minimum absolute atomic E-state index is 0.0286. The summed E-state index contributed by atoms with van der Waals surface area (Å²) in [5.41, 5.74) is 0.536. The van der Waals surface area contributed by atoms with Crippen LogP contribution in [0.5, 0.6) is 0 Å². The van der Waals surface area contributed by atoms with Crippen molar-refractivity contribution in [2.45, 2.75) is 123 Å². The summed E-state index contributed by atoms with van der Waals surface area (Å²) in [5.74, 6) is 5.24. The Hall–Kier alpha value is -0.0800. The van der Waals surface area contributed by atoms with Crippen molar-refractivity contribution >= 4 is 0 Å². The summed E-state index contributed by atoms with van der Waals surface area (Å²) in [7, 11) is 0. The van der Waals surface area contributed by atoms with Crippen molar-refractivity contribution in [3.63, 3.8) is 0 Å². The van der Waals surface area contributed by atoms with E-state index in [-0.39, 0.29) is 6.10 Å². The molecule has 0 aromatic heterocycles. The third kappa shape index (κ3) is 3.95. The Morgan fingerprint density at radius 1 is 0.931 bits per heavy atom. The first-order valence-corrected chi connectivity index (χ1v) is 12.9. The highest BCUT2D eigenvalue weighted by Gasteiger charge is 2.60. The predicted molar refractivity (Wildman–Crippen MR) is 121 cm³/mol. The van der Waals surface area contributed by atoms with Gasteiger partial charge in [0.25, 0.3) is 0 Å². The lowest BCUT2D eigenvalue weighted by atomic mass is 9.44. The second-order valence-corrected chi connectivity index (χ2v) is 13.0. The number of hydrogen-bond donors (Lipinski definition) is 2. The molecule has 0 aromatic rings. The van der Waals surface area contributed by atoms with E-state index < -0.39 is 5.60 Å². The van der Waals surface area contributed by atoms with Gasteiger partial charge in [-0.25, -0.2) is 0 Å². The van der Waals surface area contributed by atoms with Crippen molar-refractivity contribution in [3.8, 4) is 0 Å². The zero-order valence-corrected chi connectivity index (χ0v) is 19.9. The average Bonchev–Trinajstić information content (AvgIpc) is 2.98. The maximum absolute atomic E-state index is 10.3. The molecule has 2 N–H and O–H groups in total. The fourth-order valence-corrected chi connectivity index (χ4v) is 9.27. The molecule has 0 radical (unpaired) electrons. The SMILES string of the molecule is C[C@H](CCCC(C)(C)O)[C@H]1CCC2[C@@H]3CC[C@H]4C[C@@H](O)CC[C@]4(C)[C@H]3CC[C@@]21C. The largest absolute Gasteiger partial charge is 0.393 e. The Bertz CT molecular complexity index is 580. The highest BCUT2D eigenvalue weighted by molar-refractivity contribution is 5.09. The molecule has 4 saturated carbocycles. The fourth-order valence-electron chi connectivity index (χ4n) is 9.27. The number of aliphatic hydroxyl groups excluding tert-OH is 1. The van der Waals surface area contributed by atoms with Gasteiger partial charge in [-0.1, -0.05) is 33.6 Å². The van der Waals surface area contributed by atoms with Crippen molar-refractivity contribution in [1.29, 1.82) is 0 Å². The van der Waals surface area contributed by atoms with E-state index in [9.17, 15) is 10.2 Å². The molecule has 4 fully saturated rings. The molecule has 2 nitrogen and oxygen atoms in total. The second kappa shape index (κ2) is 7.80. The molecule has 1 unspecified atom stereocenters. The molecule has 2 heteroatoms. The van der Waals surface area contributed by atoms with E-state index in [0.29, 0.717) is 10.8 Å². The molecule has 0 aliphatic heterocycles. The van der Waals surface area contributed by atoms with E-state index in [1.54, 1.807) is 0 Å². The zero-order valence-electron chi connectivity index (χ0n) is 19.9. The summed E-state index contributed by atoms with van der Waals surface area (Å²) in [6.07, 6.45) is 15.3. The maximum atomic E-state index is 10.3. The van der Waals surface area contributed by atoms with Gasteiger partial charge in [0.1, 0.15) is 0 Å². The zero-order chi connectivity index (χ0) is 21.0. The lowest BCUT2D eigenvalue weighted by molar-refractivity contribution is -0.129. The lowest BCUT2D eigenvalue weighted by Gasteiger charge is -2.61. The Morgan fingerprint density at radius 3 is 2.34 bits per heavy atom. The van der Waals surface area contributed by atoms with Crippen LogP contribution in [0.15, 0.2) is 0 Å². The van der Waals surface area contributed by atoms with Crippen LogP contribution < -0.4 is 0 Å². The molecule has 0 bridgehead atoms. The minimum atomic E-state index is -0.512. The summed E-state index contributed by atoms with van der Waals surface area (Å²) < 4.78 is 0. The third-order valence-corrected chi connectivity index (χ3v) is 10.8. The summed E-state index contributed by atoms with van der Waals surface area (Å²) in [6.45, 7) is 11.7. The van der Waals surface area contributed by atoms with Crippen LogP contribution in [0, 0.1) is 46.3 Å². The number of aliphatic hydroxyl groups is 2. The second-order valence-electron chi connectivity index (χ2n) is 13.0. The third-order valence-electron chi connectivity index (χ3n) is 10.8. The molecule has 4 rings (SSSR count). The van der Waals surface area contributed by atoms with Gasteiger partial charge in [0, 0.05) is 0 Å². The number of rotatable bonds is 5. The molecule has 0 saturated heterocycles. The molecular weight excluding hydrogens is 356 g/mol. The van der Waals surface area contributed by atoms with E-state index in [1.165, 1.54) is 51.4 Å². The maximum Gasteiger partial charge on any atom is 0.0591 e. The molecule has 168 valence electrons. The van der Waals surface area contributed by atoms with Gasteiger partial charge < -0.3 is 10.2 Å². The van der Waals surface area contributed by atoms with Crippen LogP contribution in [0.3, 0.4) is 0 Å². The summed E-state index contributed by atoms with van der Waals surface area (Å²) in [6, 6.07) is 0. The highest BCUT2D eigenvalue weighted by Crippen LogP contribution is 2.68. The summed E-state index contributed by atoms with van der Waals surface area (Å²) in [5, 5.41) is 20.3. The van der Waals surface area contributed by atoms with Gasteiger partial charge in [0.05, 0.1) is 11.7 Å².